The second-order valence-corrected chi connectivity index (χ2v) is 4.31. The van der Waals surface area contributed by atoms with Crippen LogP contribution in [0, 0.1) is 5.82 Å². The Morgan fingerprint density at radius 1 is 1.50 bits per heavy atom. The first-order chi connectivity index (χ1) is 7.63. The van der Waals surface area contributed by atoms with Crippen molar-refractivity contribution < 1.29 is 9.13 Å². The van der Waals surface area contributed by atoms with Crippen LogP contribution in [-0.4, -0.2) is 30.7 Å². The fourth-order valence-electron chi connectivity index (χ4n) is 2.06. The zero-order valence-corrected chi connectivity index (χ0v) is 9.45. The van der Waals surface area contributed by atoms with Crippen LogP contribution in [0.25, 0.3) is 0 Å². The Balaban J connectivity index is 2.02. The van der Waals surface area contributed by atoms with Crippen LogP contribution in [-0.2, 0) is 11.3 Å². The van der Waals surface area contributed by atoms with Gasteiger partial charge in [0.25, 0.3) is 0 Å². The Bertz CT molecular complexity index is 350. The van der Waals surface area contributed by atoms with Crippen LogP contribution in [0.3, 0.4) is 0 Å². The average molecular weight is 224 g/mol. The summed E-state index contributed by atoms with van der Waals surface area (Å²) < 4.78 is 18.6. The van der Waals surface area contributed by atoms with Crippen LogP contribution >= 0.6 is 0 Å². The number of nitrogens with two attached hydrogens (primary N) is 1. The molecule has 0 amide bonds. The van der Waals surface area contributed by atoms with Crippen molar-refractivity contribution in [2.45, 2.75) is 19.6 Å². The topological polar surface area (TPSA) is 38.5 Å². The first kappa shape index (κ1) is 11.4. The predicted octanol–water partition coefficient (Wildman–Crippen LogP) is 1.63. The van der Waals surface area contributed by atoms with Gasteiger partial charge in [0.1, 0.15) is 5.82 Å². The minimum absolute atomic E-state index is 0.250. The lowest BCUT2D eigenvalue weighted by Gasteiger charge is -2.31. The number of nitrogen functional groups attached to an aromatic ring is 1. The minimum atomic E-state index is -0.267. The maximum Gasteiger partial charge on any atom is 0.125 e. The number of halogens is 1. The molecule has 16 heavy (non-hydrogen) atoms. The first-order valence-electron chi connectivity index (χ1n) is 5.52. The molecule has 1 saturated heterocycles. The molecule has 2 N–H and O–H groups in total. The van der Waals surface area contributed by atoms with Gasteiger partial charge in [-0.15, -0.1) is 0 Å². The Morgan fingerprint density at radius 2 is 2.31 bits per heavy atom. The standard InChI is InChI=1S/C12H17FN2O/c1-9-7-15(2-3-16-9)8-10-4-11(13)6-12(14)5-10/h4-6,9H,2-3,7-8,14H2,1H3. The molecule has 1 fully saturated rings. The fourth-order valence-corrected chi connectivity index (χ4v) is 2.06. The molecule has 88 valence electrons. The van der Waals surface area contributed by atoms with Crippen molar-refractivity contribution in [1.82, 2.24) is 4.90 Å². The molecule has 2 rings (SSSR count). The third-order valence-corrected chi connectivity index (χ3v) is 2.71. The normalized spacial score (nSPS) is 22.2. The third kappa shape index (κ3) is 2.93. The van der Waals surface area contributed by atoms with Crippen LogP contribution in [0.15, 0.2) is 18.2 Å². The number of hydrogen-bond donors (Lipinski definition) is 1. The van der Waals surface area contributed by atoms with Gasteiger partial charge >= 0.3 is 0 Å². The van der Waals surface area contributed by atoms with Gasteiger partial charge in [-0.2, -0.15) is 0 Å². The second kappa shape index (κ2) is 4.80. The molecule has 1 aliphatic rings. The monoisotopic (exact) mass is 224 g/mol. The van der Waals surface area contributed by atoms with E-state index in [9.17, 15) is 4.39 Å². The van der Waals surface area contributed by atoms with Crippen molar-refractivity contribution in [3.8, 4) is 0 Å². The molecule has 1 aromatic carbocycles. The summed E-state index contributed by atoms with van der Waals surface area (Å²) in [5.41, 5.74) is 7.01. The highest BCUT2D eigenvalue weighted by Crippen LogP contribution is 2.14. The van der Waals surface area contributed by atoms with E-state index in [4.69, 9.17) is 10.5 Å². The average Bonchev–Trinajstić information content (AvgIpc) is 2.15. The van der Waals surface area contributed by atoms with Gasteiger partial charge in [-0.25, -0.2) is 4.39 Å². The van der Waals surface area contributed by atoms with E-state index in [1.807, 2.05) is 13.0 Å². The quantitative estimate of drug-likeness (QED) is 0.776. The van der Waals surface area contributed by atoms with Gasteiger partial charge in [0.15, 0.2) is 0 Å². The summed E-state index contributed by atoms with van der Waals surface area (Å²) in [6.07, 6.45) is 0.250. The van der Waals surface area contributed by atoms with E-state index in [2.05, 4.69) is 4.90 Å². The molecule has 4 heteroatoms. The maximum atomic E-state index is 13.1. The molecule has 1 aromatic rings. The number of anilines is 1. The number of rotatable bonds is 2. The van der Waals surface area contributed by atoms with E-state index in [0.717, 1.165) is 31.8 Å². The van der Waals surface area contributed by atoms with E-state index < -0.39 is 0 Å². The fraction of sp³-hybridized carbons (Fsp3) is 0.500. The van der Waals surface area contributed by atoms with Crippen LogP contribution in [0.1, 0.15) is 12.5 Å². The number of hydrogen-bond acceptors (Lipinski definition) is 3. The number of benzene rings is 1. The van der Waals surface area contributed by atoms with Crippen molar-refractivity contribution in [3.05, 3.63) is 29.6 Å². The van der Waals surface area contributed by atoms with E-state index in [-0.39, 0.29) is 11.9 Å². The van der Waals surface area contributed by atoms with Crippen molar-refractivity contribution in [3.63, 3.8) is 0 Å². The Kier molecular flexibility index (Phi) is 3.41. The SMILES string of the molecule is CC1CN(Cc2cc(N)cc(F)c2)CCO1. The summed E-state index contributed by atoms with van der Waals surface area (Å²) in [7, 11) is 0. The minimum Gasteiger partial charge on any atom is -0.399 e. The highest BCUT2D eigenvalue weighted by Gasteiger charge is 2.16. The van der Waals surface area contributed by atoms with Crippen molar-refractivity contribution in [1.29, 1.82) is 0 Å². The van der Waals surface area contributed by atoms with Crippen LogP contribution in [0.4, 0.5) is 10.1 Å². The van der Waals surface area contributed by atoms with E-state index in [0.29, 0.717) is 5.69 Å². The summed E-state index contributed by atoms with van der Waals surface area (Å²) in [4.78, 5) is 2.25. The summed E-state index contributed by atoms with van der Waals surface area (Å²) in [5.74, 6) is -0.267. The summed E-state index contributed by atoms with van der Waals surface area (Å²) >= 11 is 0. The van der Waals surface area contributed by atoms with Crippen molar-refractivity contribution >= 4 is 5.69 Å². The Labute approximate surface area is 95.0 Å². The molecular formula is C12H17FN2O. The van der Waals surface area contributed by atoms with Gasteiger partial charge < -0.3 is 10.5 Å². The third-order valence-electron chi connectivity index (χ3n) is 2.71. The smallest absolute Gasteiger partial charge is 0.125 e. The van der Waals surface area contributed by atoms with Gasteiger partial charge in [0.05, 0.1) is 12.7 Å². The van der Waals surface area contributed by atoms with Gasteiger partial charge in [-0.1, -0.05) is 0 Å². The lowest BCUT2D eigenvalue weighted by atomic mass is 10.1. The predicted molar refractivity (Wildman–Crippen MR) is 61.5 cm³/mol. The lowest BCUT2D eigenvalue weighted by Crippen LogP contribution is -2.40. The maximum absolute atomic E-state index is 13.1. The molecular weight excluding hydrogens is 207 g/mol. The molecule has 0 aromatic heterocycles. The van der Waals surface area contributed by atoms with Crippen LogP contribution < -0.4 is 5.73 Å². The zero-order valence-electron chi connectivity index (χ0n) is 9.45. The molecule has 0 bridgehead atoms. The molecule has 0 aliphatic carbocycles. The van der Waals surface area contributed by atoms with E-state index >= 15 is 0 Å². The molecule has 1 unspecified atom stereocenters. The number of morpholine rings is 1. The molecule has 0 spiro atoms. The Hall–Kier alpha value is -1.13. The van der Waals surface area contributed by atoms with E-state index in [1.54, 1.807) is 0 Å². The van der Waals surface area contributed by atoms with Crippen LogP contribution in [0.2, 0.25) is 0 Å². The van der Waals surface area contributed by atoms with Gasteiger partial charge in [0.2, 0.25) is 0 Å². The van der Waals surface area contributed by atoms with Crippen LogP contribution in [0.5, 0.6) is 0 Å². The number of ether oxygens (including phenoxy) is 1. The van der Waals surface area contributed by atoms with Crippen molar-refractivity contribution in [2.24, 2.45) is 0 Å². The Morgan fingerprint density at radius 3 is 3.00 bits per heavy atom. The van der Waals surface area contributed by atoms with Gasteiger partial charge in [-0.3, -0.25) is 4.90 Å². The summed E-state index contributed by atoms with van der Waals surface area (Å²) in [6.45, 7) is 5.30. The van der Waals surface area contributed by atoms with E-state index in [1.165, 1.54) is 12.1 Å². The summed E-state index contributed by atoms with van der Waals surface area (Å²) in [5, 5.41) is 0. The first-order valence-corrected chi connectivity index (χ1v) is 5.52. The molecule has 1 heterocycles. The molecule has 3 nitrogen and oxygen atoms in total. The molecule has 1 aliphatic heterocycles. The second-order valence-electron chi connectivity index (χ2n) is 4.31. The molecule has 0 radical (unpaired) electrons. The molecule has 1 atom stereocenters. The van der Waals surface area contributed by atoms with Gasteiger partial charge in [0, 0.05) is 25.3 Å². The number of nitrogens with zero attached hydrogens (tertiary/aromatic N) is 1. The highest BCUT2D eigenvalue weighted by molar-refractivity contribution is 5.41. The summed E-state index contributed by atoms with van der Waals surface area (Å²) in [6, 6.07) is 4.70. The molecule has 0 saturated carbocycles. The highest BCUT2D eigenvalue weighted by atomic mass is 19.1. The van der Waals surface area contributed by atoms with Gasteiger partial charge in [-0.05, 0) is 30.7 Å². The largest absolute Gasteiger partial charge is 0.399 e. The van der Waals surface area contributed by atoms with Crippen molar-refractivity contribution in [2.75, 3.05) is 25.4 Å². The lowest BCUT2D eigenvalue weighted by molar-refractivity contribution is -0.0212. The zero-order chi connectivity index (χ0) is 11.5.